The van der Waals surface area contributed by atoms with Crippen LogP contribution < -0.4 is 0 Å². The summed E-state index contributed by atoms with van der Waals surface area (Å²) in [4.78, 5) is 10.1. The van der Waals surface area contributed by atoms with Gasteiger partial charge in [0.2, 0.25) is 0 Å². The lowest BCUT2D eigenvalue weighted by molar-refractivity contribution is -0.870. The van der Waals surface area contributed by atoms with Crippen molar-refractivity contribution in [2.45, 2.75) is 202 Å². The standard InChI is InChI=1S/C43H71F17NO6P/c1-5-6-7-8-9-10-11-12-13-14-18-21-24-27-31-65-35(34-67-68(62,63)66-32-29-61(2,3)4)33-64-30-26-23-20-17-15-16-19-22-25-28-36(44,45)37(46,47)38(48,49)39(50,51)40(52,53)41(54,55)42(56,57)43(58,59)60/h25,28,35H,5-24,26-27,29-34H2,1-4H3/p+1/b28-25+/t35-/m0/s1. The van der Waals surface area contributed by atoms with E-state index in [1.807, 2.05) is 21.1 Å². The first kappa shape index (κ1) is 66.5. The van der Waals surface area contributed by atoms with Gasteiger partial charge in [-0.3, -0.25) is 9.05 Å². The number of hydrogen-bond donors (Lipinski definition) is 1. The topological polar surface area (TPSA) is 74.2 Å². The molecule has 0 radical (unpaired) electrons. The summed E-state index contributed by atoms with van der Waals surface area (Å²) >= 11 is 0. The van der Waals surface area contributed by atoms with Gasteiger partial charge in [0.1, 0.15) is 19.3 Å². The number of phosphoric acid groups is 1. The van der Waals surface area contributed by atoms with E-state index in [2.05, 4.69) is 6.92 Å². The smallest absolute Gasteiger partial charge is 0.379 e. The van der Waals surface area contributed by atoms with E-state index < -0.39 is 74.1 Å². The molecule has 0 spiro atoms. The van der Waals surface area contributed by atoms with Crippen LogP contribution in [-0.2, 0) is 23.1 Å². The van der Waals surface area contributed by atoms with Crippen LogP contribution in [0.1, 0.15) is 148 Å². The van der Waals surface area contributed by atoms with Crippen molar-refractivity contribution in [1.82, 2.24) is 0 Å². The van der Waals surface area contributed by atoms with Crippen molar-refractivity contribution in [1.29, 1.82) is 0 Å². The third-order valence-corrected chi connectivity index (χ3v) is 11.8. The second-order valence-corrected chi connectivity index (χ2v) is 19.5. The molecule has 0 aromatic heterocycles. The van der Waals surface area contributed by atoms with Crippen LogP contribution in [0.5, 0.6) is 0 Å². The molecule has 2 atom stereocenters. The van der Waals surface area contributed by atoms with E-state index in [9.17, 15) is 84.1 Å². The highest BCUT2D eigenvalue weighted by molar-refractivity contribution is 7.47. The lowest BCUT2D eigenvalue weighted by Crippen LogP contribution is -2.74. The van der Waals surface area contributed by atoms with E-state index in [-0.39, 0.29) is 45.3 Å². The van der Waals surface area contributed by atoms with Crippen molar-refractivity contribution in [3.63, 3.8) is 0 Å². The van der Waals surface area contributed by atoms with Gasteiger partial charge < -0.3 is 18.9 Å². The van der Waals surface area contributed by atoms with Gasteiger partial charge in [-0.15, -0.1) is 0 Å². The summed E-state index contributed by atoms with van der Waals surface area (Å²) in [6.07, 6.45) is 9.33. The van der Waals surface area contributed by atoms with Gasteiger partial charge in [-0.25, -0.2) is 4.57 Å². The Morgan fingerprint density at radius 1 is 0.485 bits per heavy atom. The Labute approximate surface area is 389 Å². The molecule has 68 heavy (non-hydrogen) atoms. The quantitative estimate of drug-likeness (QED) is 0.0216. The van der Waals surface area contributed by atoms with Gasteiger partial charge in [-0.1, -0.05) is 129 Å². The highest BCUT2D eigenvalue weighted by atomic mass is 31.2. The number of halogens is 17. The highest BCUT2D eigenvalue weighted by Gasteiger charge is 2.95. The van der Waals surface area contributed by atoms with Crippen molar-refractivity contribution < 1.29 is 107 Å². The fourth-order valence-electron chi connectivity index (χ4n) is 6.41. The van der Waals surface area contributed by atoms with Gasteiger partial charge >= 0.3 is 55.5 Å². The Morgan fingerprint density at radius 3 is 1.29 bits per heavy atom. The molecule has 7 nitrogen and oxygen atoms in total. The van der Waals surface area contributed by atoms with Crippen LogP contribution in [0.2, 0.25) is 0 Å². The first-order valence-corrected chi connectivity index (χ1v) is 24.6. The second kappa shape index (κ2) is 29.9. The average Bonchev–Trinajstić information content (AvgIpc) is 3.21. The molecule has 0 saturated carbocycles. The minimum Gasteiger partial charge on any atom is -0.379 e. The number of phosphoric ester groups is 1. The molecule has 0 aliphatic rings. The van der Waals surface area contributed by atoms with Gasteiger partial charge in [0.25, 0.3) is 0 Å². The van der Waals surface area contributed by atoms with Crippen LogP contribution in [0.25, 0.3) is 0 Å². The molecule has 408 valence electrons. The van der Waals surface area contributed by atoms with Crippen LogP contribution in [0.3, 0.4) is 0 Å². The van der Waals surface area contributed by atoms with Crippen molar-refractivity contribution in [2.24, 2.45) is 0 Å². The van der Waals surface area contributed by atoms with Crippen LogP contribution in [0.15, 0.2) is 12.2 Å². The van der Waals surface area contributed by atoms with E-state index in [4.69, 9.17) is 18.5 Å². The number of rotatable bonds is 42. The van der Waals surface area contributed by atoms with E-state index in [1.54, 1.807) is 0 Å². The maximum absolute atomic E-state index is 14.1. The Kier molecular flexibility index (Phi) is 29.3. The zero-order valence-corrected chi connectivity index (χ0v) is 40.2. The number of ether oxygens (including phenoxy) is 2. The molecule has 0 aliphatic carbocycles. The molecule has 0 aromatic carbocycles. The van der Waals surface area contributed by atoms with Gasteiger partial charge in [0.05, 0.1) is 34.4 Å². The number of nitrogens with zero attached hydrogens (tertiary/aromatic N) is 1. The summed E-state index contributed by atoms with van der Waals surface area (Å²) in [5, 5.41) is 0. The maximum atomic E-state index is 14.1. The number of unbranched alkanes of at least 4 members (excludes halogenated alkanes) is 20. The summed E-state index contributed by atoms with van der Waals surface area (Å²) in [5.74, 6) is -56.5. The number of quaternary nitrogens is 1. The Morgan fingerprint density at radius 2 is 0.868 bits per heavy atom. The van der Waals surface area contributed by atoms with Gasteiger partial charge in [0, 0.05) is 13.2 Å². The molecule has 0 bridgehead atoms. The minimum absolute atomic E-state index is 0.0204. The fraction of sp³-hybridized carbons (Fsp3) is 0.953. The predicted octanol–water partition coefficient (Wildman–Crippen LogP) is 15.4. The normalized spacial score (nSPS) is 15.7. The number of alkyl halides is 17. The molecule has 0 rings (SSSR count). The Bertz CT molecular complexity index is 1430. The van der Waals surface area contributed by atoms with Crippen molar-refractivity contribution >= 4 is 7.82 Å². The largest absolute Gasteiger partial charge is 0.472 e. The highest BCUT2D eigenvalue weighted by Crippen LogP contribution is 2.64. The molecule has 0 heterocycles. The Hall–Kier alpha value is -1.46. The monoisotopic (exact) mass is 1050 g/mol. The van der Waals surface area contributed by atoms with Crippen LogP contribution in [0, 0.1) is 0 Å². The van der Waals surface area contributed by atoms with E-state index in [1.165, 1.54) is 64.2 Å². The predicted molar refractivity (Wildman–Crippen MR) is 222 cm³/mol. The summed E-state index contributed by atoms with van der Waals surface area (Å²) < 4.78 is 263. The minimum atomic E-state index is -8.65. The van der Waals surface area contributed by atoms with Crippen LogP contribution in [-0.4, -0.2) is 124 Å². The fourth-order valence-corrected chi connectivity index (χ4v) is 7.15. The summed E-state index contributed by atoms with van der Waals surface area (Å²) in [6, 6.07) is 0. The summed E-state index contributed by atoms with van der Waals surface area (Å²) in [5.41, 5.74) is 0. The molecule has 0 saturated heterocycles. The zero-order valence-electron chi connectivity index (χ0n) is 39.3. The van der Waals surface area contributed by atoms with Crippen LogP contribution in [0.4, 0.5) is 74.6 Å². The zero-order chi connectivity index (χ0) is 52.6. The first-order chi connectivity index (χ1) is 31.1. The SMILES string of the molecule is CCCCCCCCCCCCCCCCO[C@@H](COCCCCCCCCC/C=C/C(F)(F)C(F)(F)C(F)(F)C(F)(F)C(F)(F)C(F)(F)C(F)(F)C(F)(F)F)COP(=O)(O)OCC[N+](C)(C)C. The molecule has 1 unspecified atom stereocenters. The first-order valence-electron chi connectivity index (χ1n) is 23.1. The summed E-state index contributed by atoms with van der Waals surface area (Å²) in [7, 11) is 1.28. The number of likely N-dealkylation sites (N-methyl/N-ethyl adjacent to an activating group) is 1. The maximum Gasteiger partial charge on any atom is 0.472 e. The van der Waals surface area contributed by atoms with E-state index in [0.717, 1.165) is 25.7 Å². The molecule has 0 aliphatic heterocycles. The van der Waals surface area contributed by atoms with Gasteiger partial charge in [0.15, 0.2) is 0 Å². The molecule has 0 aromatic rings. The number of allylic oxidation sites excluding steroid dienone is 2. The average molecular weight is 1050 g/mol. The molecule has 0 amide bonds. The molecular formula is C43H72F17NO6P+. The van der Waals surface area contributed by atoms with Crippen molar-refractivity contribution in [2.75, 3.05) is 60.7 Å². The molecule has 0 fully saturated rings. The molecule has 25 heteroatoms. The third kappa shape index (κ3) is 21.7. The van der Waals surface area contributed by atoms with Gasteiger partial charge in [-0.05, 0) is 31.8 Å². The second-order valence-electron chi connectivity index (χ2n) is 18.0. The lowest BCUT2D eigenvalue weighted by Gasteiger charge is -2.42. The van der Waals surface area contributed by atoms with Crippen molar-refractivity contribution in [3.05, 3.63) is 12.2 Å². The van der Waals surface area contributed by atoms with Crippen molar-refractivity contribution in [3.8, 4) is 0 Å². The van der Waals surface area contributed by atoms with E-state index >= 15 is 0 Å². The van der Waals surface area contributed by atoms with Crippen LogP contribution >= 0.6 is 7.82 Å². The molecule has 1 N–H and O–H groups in total. The lowest BCUT2D eigenvalue weighted by atomic mass is 9.89. The third-order valence-electron chi connectivity index (χ3n) is 10.8. The Balaban J connectivity index is 4.84. The van der Waals surface area contributed by atoms with Gasteiger partial charge in [-0.2, -0.15) is 74.6 Å². The number of hydrogen-bond acceptors (Lipinski definition) is 5. The molecular weight excluding hydrogens is 980 g/mol. The summed E-state index contributed by atoms with van der Waals surface area (Å²) in [6.45, 7) is 3.05. The van der Waals surface area contributed by atoms with E-state index in [0.29, 0.717) is 49.7 Å².